The molecule has 1 atom stereocenters. The van der Waals surface area contributed by atoms with Crippen molar-refractivity contribution in [2.75, 3.05) is 33.1 Å². The number of carbonyl (C=O) groups excluding carboxylic acids is 1. The number of hydrogen-bond acceptors (Lipinski definition) is 5. The van der Waals surface area contributed by atoms with Crippen molar-refractivity contribution in [3.63, 3.8) is 0 Å². The molecular formula is C22H28N2O3S. The van der Waals surface area contributed by atoms with Crippen LogP contribution in [0.1, 0.15) is 18.9 Å². The van der Waals surface area contributed by atoms with Gasteiger partial charge in [0.15, 0.2) is 0 Å². The Morgan fingerprint density at radius 1 is 1.14 bits per heavy atom. The van der Waals surface area contributed by atoms with Gasteiger partial charge in [-0.05, 0) is 61.6 Å². The van der Waals surface area contributed by atoms with Crippen LogP contribution < -0.4 is 14.8 Å². The third-order valence-corrected chi connectivity index (χ3v) is 6.05. The molecule has 1 aliphatic rings. The highest BCUT2D eigenvalue weighted by Gasteiger charge is 2.46. The second-order valence-corrected chi connectivity index (χ2v) is 7.95. The number of benzene rings is 2. The lowest BCUT2D eigenvalue weighted by molar-refractivity contribution is -0.142. The molecule has 1 fully saturated rings. The standard InChI is InChI=1S/C22H28N2O3S/c1-22(12-14-24(22)16-17-4-10-20(28-3)11-5-17)21(25)23-13-15-27-19-8-6-18(26-2)7-9-19/h4-11H,12-16H2,1-3H3,(H,23,25). The van der Waals surface area contributed by atoms with E-state index in [1.807, 2.05) is 31.2 Å². The molecule has 0 aliphatic carbocycles. The van der Waals surface area contributed by atoms with Crippen LogP contribution >= 0.6 is 11.8 Å². The van der Waals surface area contributed by atoms with E-state index >= 15 is 0 Å². The quantitative estimate of drug-likeness (QED) is 0.515. The van der Waals surface area contributed by atoms with Crippen LogP contribution in [0.25, 0.3) is 0 Å². The third-order valence-electron chi connectivity index (χ3n) is 5.30. The molecule has 1 heterocycles. The van der Waals surface area contributed by atoms with E-state index < -0.39 is 5.54 Å². The highest BCUT2D eigenvalue weighted by Crippen LogP contribution is 2.32. The highest BCUT2D eigenvalue weighted by atomic mass is 32.2. The Kier molecular flexibility index (Phi) is 6.86. The first-order chi connectivity index (χ1) is 13.5. The van der Waals surface area contributed by atoms with Gasteiger partial charge < -0.3 is 14.8 Å². The van der Waals surface area contributed by atoms with E-state index in [4.69, 9.17) is 9.47 Å². The zero-order valence-corrected chi connectivity index (χ0v) is 17.6. The van der Waals surface area contributed by atoms with Gasteiger partial charge in [0.25, 0.3) is 0 Å². The first-order valence-electron chi connectivity index (χ1n) is 9.48. The number of nitrogens with zero attached hydrogens (tertiary/aromatic N) is 1. The van der Waals surface area contributed by atoms with Crippen LogP contribution in [0.4, 0.5) is 0 Å². The van der Waals surface area contributed by atoms with Gasteiger partial charge in [0, 0.05) is 18.0 Å². The fraction of sp³-hybridized carbons (Fsp3) is 0.409. The number of likely N-dealkylation sites (tertiary alicyclic amines) is 1. The monoisotopic (exact) mass is 400 g/mol. The normalized spacial score (nSPS) is 19.0. The Labute approximate surface area is 171 Å². The molecule has 1 N–H and O–H groups in total. The average molecular weight is 401 g/mol. The number of ether oxygens (including phenoxy) is 2. The fourth-order valence-corrected chi connectivity index (χ4v) is 3.67. The summed E-state index contributed by atoms with van der Waals surface area (Å²) in [6.45, 7) is 4.67. The SMILES string of the molecule is COc1ccc(OCCNC(=O)C2(C)CCN2Cc2ccc(SC)cc2)cc1. The van der Waals surface area contributed by atoms with Gasteiger partial charge in [-0.2, -0.15) is 0 Å². The van der Waals surface area contributed by atoms with Crippen LogP contribution in [0, 0.1) is 0 Å². The molecule has 6 heteroatoms. The molecule has 0 radical (unpaired) electrons. The lowest BCUT2D eigenvalue weighted by Gasteiger charge is -2.49. The summed E-state index contributed by atoms with van der Waals surface area (Å²) in [6.07, 6.45) is 2.95. The molecule has 0 saturated carbocycles. The Hall–Kier alpha value is -2.18. The third kappa shape index (κ3) is 4.80. The summed E-state index contributed by atoms with van der Waals surface area (Å²) in [5, 5.41) is 3.02. The van der Waals surface area contributed by atoms with Gasteiger partial charge in [0.1, 0.15) is 18.1 Å². The second-order valence-electron chi connectivity index (χ2n) is 7.07. The minimum Gasteiger partial charge on any atom is -0.497 e. The highest BCUT2D eigenvalue weighted by molar-refractivity contribution is 7.98. The lowest BCUT2D eigenvalue weighted by atomic mass is 9.85. The van der Waals surface area contributed by atoms with Gasteiger partial charge in [0.2, 0.25) is 5.91 Å². The van der Waals surface area contributed by atoms with Gasteiger partial charge in [0.05, 0.1) is 19.2 Å². The predicted octanol–water partition coefficient (Wildman–Crippen LogP) is 3.58. The number of amides is 1. The molecule has 150 valence electrons. The van der Waals surface area contributed by atoms with Gasteiger partial charge in [-0.3, -0.25) is 9.69 Å². The Balaban J connectivity index is 1.44. The van der Waals surface area contributed by atoms with E-state index in [9.17, 15) is 4.79 Å². The molecule has 0 bridgehead atoms. The molecule has 2 aromatic carbocycles. The minimum absolute atomic E-state index is 0.0674. The van der Waals surface area contributed by atoms with E-state index in [2.05, 4.69) is 40.7 Å². The molecule has 1 unspecified atom stereocenters. The van der Waals surface area contributed by atoms with Crippen LogP contribution in [0.5, 0.6) is 11.5 Å². The number of rotatable bonds is 9. The van der Waals surface area contributed by atoms with Crippen molar-refractivity contribution in [3.8, 4) is 11.5 Å². The van der Waals surface area contributed by atoms with E-state index in [1.165, 1.54) is 10.5 Å². The summed E-state index contributed by atoms with van der Waals surface area (Å²) < 4.78 is 10.8. The summed E-state index contributed by atoms with van der Waals surface area (Å²) in [6, 6.07) is 16.0. The molecule has 28 heavy (non-hydrogen) atoms. The van der Waals surface area contributed by atoms with Crippen LogP contribution in [0.15, 0.2) is 53.4 Å². The maximum Gasteiger partial charge on any atom is 0.240 e. The van der Waals surface area contributed by atoms with Crippen molar-refractivity contribution in [1.29, 1.82) is 0 Å². The van der Waals surface area contributed by atoms with Gasteiger partial charge in [-0.1, -0.05) is 12.1 Å². The van der Waals surface area contributed by atoms with E-state index in [0.717, 1.165) is 31.0 Å². The van der Waals surface area contributed by atoms with Crippen molar-refractivity contribution in [1.82, 2.24) is 10.2 Å². The maximum absolute atomic E-state index is 12.7. The first-order valence-corrected chi connectivity index (χ1v) is 10.7. The predicted molar refractivity (Wildman–Crippen MR) is 113 cm³/mol. The van der Waals surface area contributed by atoms with Crippen LogP contribution in [-0.4, -0.2) is 49.4 Å². The molecule has 3 rings (SSSR count). The average Bonchev–Trinajstić information content (AvgIpc) is 2.74. The lowest BCUT2D eigenvalue weighted by Crippen LogP contribution is -2.65. The van der Waals surface area contributed by atoms with Gasteiger partial charge in [-0.25, -0.2) is 0 Å². The summed E-state index contributed by atoms with van der Waals surface area (Å²) in [5.41, 5.74) is 0.789. The number of thioether (sulfide) groups is 1. The fourth-order valence-electron chi connectivity index (χ4n) is 3.26. The molecule has 0 aromatic heterocycles. The first kappa shape index (κ1) is 20.6. The summed E-state index contributed by atoms with van der Waals surface area (Å²) in [4.78, 5) is 16.2. The van der Waals surface area contributed by atoms with E-state index in [1.54, 1.807) is 18.9 Å². The minimum atomic E-state index is -0.446. The summed E-state index contributed by atoms with van der Waals surface area (Å²) >= 11 is 1.74. The van der Waals surface area contributed by atoms with Gasteiger partial charge >= 0.3 is 0 Å². The smallest absolute Gasteiger partial charge is 0.240 e. The second kappa shape index (κ2) is 9.34. The molecular weight excluding hydrogens is 372 g/mol. The number of carbonyl (C=O) groups is 1. The van der Waals surface area contributed by atoms with Crippen LogP contribution in [-0.2, 0) is 11.3 Å². The van der Waals surface area contributed by atoms with Gasteiger partial charge in [-0.15, -0.1) is 11.8 Å². The molecule has 1 saturated heterocycles. The van der Waals surface area contributed by atoms with Crippen molar-refractivity contribution in [3.05, 3.63) is 54.1 Å². The van der Waals surface area contributed by atoms with Crippen LogP contribution in [0.2, 0.25) is 0 Å². The Morgan fingerprint density at radius 2 is 1.82 bits per heavy atom. The van der Waals surface area contributed by atoms with Crippen molar-refractivity contribution >= 4 is 17.7 Å². The Morgan fingerprint density at radius 3 is 2.39 bits per heavy atom. The zero-order chi connectivity index (χ0) is 20.0. The van der Waals surface area contributed by atoms with Crippen molar-refractivity contribution < 1.29 is 14.3 Å². The van der Waals surface area contributed by atoms with Crippen molar-refractivity contribution in [2.24, 2.45) is 0 Å². The van der Waals surface area contributed by atoms with Crippen molar-refractivity contribution in [2.45, 2.75) is 30.3 Å². The zero-order valence-electron chi connectivity index (χ0n) is 16.7. The topological polar surface area (TPSA) is 50.8 Å². The largest absolute Gasteiger partial charge is 0.497 e. The number of hydrogen-bond donors (Lipinski definition) is 1. The maximum atomic E-state index is 12.7. The summed E-state index contributed by atoms with van der Waals surface area (Å²) in [7, 11) is 1.63. The van der Waals surface area contributed by atoms with E-state index in [-0.39, 0.29) is 5.91 Å². The Bertz CT molecular complexity index is 779. The molecule has 5 nitrogen and oxygen atoms in total. The van der Waals surface area contributed by atoms with E-state index in [0.29, 0.717) is 13.2 Å². The molecule has 1 aliphatic heterocycles. The molecule has 1 amide bonds. The number of nitrogens with one attached hydrogen (secondary N) is 1. The molecule has 2 aromatic rings. The van der Waals surface area contributed by atoms with Crippen LogP contribution in [0.3, 0.4) is 0 Å². The number of methoxy groups -OCH3 is 1. The summed E-state index contributed by atoms with van der Waals surface area (Å²) in [5.74, 6) is 1.62. The molecule has 0 spiro atoms.